The Hall–Kier alpha value is -0.280. The molecular weight excluding hydrogens is 285 g/mol. The maximum atomic E-state index is 6.09. The first-order valence-corrected chi connectivity index (χ1v) is 6.73. The van der Waals surface area contributed by atoms with E-state index in [0.717, 1.165) is 21.9 Å². The van der Waals surface area contributed by atoms with Gasteiger partial charge in [0.2, 0.25) is 0 Å². The maximum Gasteiger partial charge on any atom is 0.0972 e. The molecule has 0 N–H and O–H groups in total. The number of aromatic nitrogens is 1. The zero-order valence-corrected chi connectivity index (χ0v) is 11.3. The highest BCUT2D eigenvalue weighted by Crippen LogP contribution is 2.25. The Labute approximate surface area is 113 Å². The number of alkyl halides is 1. The number of halogens is 3. The molecule has 0 saturated heterocycles. The Morgan fingerprint density at radius 3 is 2.69 bits per heavy atom. The smallest absolute Gasteiger partial charge is 0.0972 e. The predicted molar refractivity (Wildman–Crippen MR) is 70.9 cm³/mol. The molecule has 0 aliphatic carbocycles. The zero-order valence-electron chi connectivity index (χ0n) is 8.21. The van der Waals surface area contributed by atoms with Crippen LogP contribution < -0.4 is 0 Å². The van der Waals surface area contributed by atoms with E-state index in [1.54, 1.807) is 23.6 Å². The van der Waals surface area contributed by atoms with Gasteiger partial charge >= 0.3 is 0 Å². The van der Waals surface area contributed by atoms with Crippen LogP contribution in [0.1, 0.15) is 15.4 Å². The van der Waals surface area contributed by atoms with Gasteiger partial charge in [0.05, 0.1) is 10.9 Å². The highest BCUT2D eigenvalue weighted by Gasteiger charge is 2.06. The van der Waals surface area contributed by atoms with E-state index in [4.69, 9.17) is 34.8 Å². The van der Waals surface area contributed by atoms with Crippen LogP contribution in [0.25, 0.3) is 0 Å². The van der Waals surface area contributed by atoms with E-state index in [2.05, 4.69) is 4.98 Å². The van der Waals surface area contributed by atoms with Gasteiger partial charge in [0.25, 0.3) is 0 Å². The first-order chi connectivity index (χ1) is 7.69. The summed E-state index contributed by atoms with van der Waals surface area (Å²) in [6.07, 6.45) is 2.52. The van der Waals surface area contributed by atoms with Gasteiger partial charge in [0, 0.05) is 27.5 Å². The molecule has 0 unspecified atom stereocenters. The number of thiazole rings is 1. The standard InChI is InChI=1S/C11H8Cl3NS/c12-5-9-6-15-11(16-9)3-7-1-2-8(13)4-10(7)14/h1-2,4,6H,3,5H2. The van der Waals surface area contributed by atoms with Crippen molar-refractivity contribution in [2.75, 3.05) is 0 Å². The Kier molecular flexibility index (Phi) is 4.09. The van der Waals surface area contributed by atoms with Crippen molar-refractivity contribution in [3.05, 3.63) is 49.9 Å². The number of hydrogen-bond donors (Lipinski definition) is 0. The van der Waals surface area contributed by atoms with Gasteiger partial charge in [0.15, 0.2) is 0 Å². The molecule has 0 fully saturated rings. The van der Waals surface area contributed by atoms with Gasteiger partial charge in [-0.05, 0) is 17.7 Å². The first kappa shape index (κ1) is 12.2. The monoisotopic (exact) mass is 291 g/mol. The number of rotatable bonds is 3. The number of benzene rings is 1. The summed E-state index contributed by atoms with van der Waals surface area (Å²) in [5.41, 5.74) is 1.03. The molecule has 0 atom stereocenters. The van der Waals surface area contributed by atoms with Crippen LogP contribution in [-0.4, -0.2) is 4.98 Å². The van der Waals surface area contributed by atoms with Crippen LogP contribution in [0.5, 0.6) is 0 Å². The molecule has 0 aliphatic rings. The summed E-state index contributed by atoms with van der Waals surface area (Å²) in [4.78, 5) is 5.36. The number of nitrogens with zero attached hydrogens (tertiary/aromatic N) is 1. The lowest BCUT2D eigenvalue weighted by atomic mass is 10.1. The van der Waals surface area contributed by atoms with Gasteiger partial charge in [-0.3, -0.25) is 0 Å². The molecule has 0 bridgehead atoms. The second-order valence-corrected chi connectivity index (χ2v) is 5.58. The molecule has 84 valence electrons. The first-order valence-electron chi connectivity index (χ1n) is 4.62. The molecular formula is C11H8Cl3NS. The third kappa shape index (κ3) is 2.89. The summed E-state index contributed by atoms with van der Waals surface area (Å²) in [5, 5.41) is 2.34. The fourth-order valence-electron chi connectivity index (χ4n) is 1.32. The van der Waals surface area contributed by atoms with Crippen LogP contribution in [0.15, 0.2) is 24.4 Å². The molecule has 2 aromatic rings. The lowest BCUT2D eigenvalue weighted by Gasteiger charge is -2.01. The Morgan fingerprint density at radius 1 is 1.25 bits per heavy atom. The van der Waals surface area contributed by atoms with Crippen molar-refractivity contribution in [3.63, 3.8) is 0 Å². The zero-order chi connectivity index (χ0) is 11.5. The van der Waals surface area contributed by atoms with E-state index in [-0.39, 0.29) is 0 Å². The summed E-state index contributed by atoms with van der Waals surface area (Å²) in [6, 6.07) is 5.50. The summed E-state index contributed by atoms with van der Waals surface area (Å²) in [5.74, 6) is 0.506. The summed E-state index contributed by atoms with van der Waals surface area (Å²) in [6.45, 7) is 0. The molecule has 1 aromatic carbocycles. The van der Waals surface area contributed by atoms with Gasteiger partial charge in [-0.15, -0.1) is 22.9 Å². The molecule has 0 spiro atoms. The van der Waals surface area contributed by atoms with Crippen LogP contribution >= 0.6 is 46.1 Å². The van der Waals surface area contributed by atoms with Crippen molar-refractivity contribution >= 4 is 46.1 Å². The summed E-state index contributed by atoms with van der Waals surface area (Å²) >= 11 is 19.2. The third-order valence-corrected chi connectivity index (χ3v) is 4.12. The van der Waals surface area contributed by atoms with Crippen molar-refractivity contribution in [1.82, 2.24) is 4.98 Å². The van der Waals surface area contributed by atoms with Crippen molar-refractivity contribution in [3.8, 4) is 0 Å². The van der Waals surface area contributed by atoms with Gasteiger partial charge in [-0.2, -0.15) is 0 Å². The van der Waals surface area contributed by atoms with E-state index >= 15 is 0 Å². The third-order valence-electron chi connectivity index (χ3n) is 2.09. The predicted octanol–water partition coefficient (Wildman–Crippen LogP) is 4.78. The molecule has 16 heavy (non-hydrogen) atoms. The van der Waals surface area contributed by atoms with Gasteiger partial charge < -0.3 is 0 Å². The molecule has 1 heterocycles. The fraction of sp³-hybridized carbons (Fsp3) is 0.182. The lowest BCUT2D eigenvalue weighted by Crippen LogP contribution is -1.87. The van der Waals surface area contributed by atoms with Crippen LogP contribution in [-0.2, 0) is 12.3 Å². The maximum absolute atomic E-state index is 6.09. The topological polar surface area (TPSA) is 12.9 Å². The number of hydrogen-bond acceptors (Lipinski definition) is 2. The highest BCUT2D eigenvalue weighted by atomic mass is 35.5. The Morgan fingerprint density at radius 2 is 2.06 bits per heavy atom. The second kappa shape index (κ2) is 5.37. The Bertz CT molecular complexity index is 496. The minimum atomic E-state index is 0.506. The molecule has 1 aromatic heterocycles. The van der Waals surface area contributed by atoms with Crippen LogP contribution in [0.2, 0.25) is 10.0 Å². The molecule has 5 heteroatoms. The fourth-order valence-corrected chi connectivity index (χ4v) is 2.82. The molecule has 1 nitrogen and oxygen atoms in total. The second-order valence-electron chi connectivity index (χ2n) is 3.27. The van der Waals surface area contributed by atoms with Crippen LogP contribution in [0, 0.1) is 0 Å². The highest BCUT2D eigenvalue weighted by molar-refractivity contribution is 7.11. The minimum absolute atomic E-state index is 0.506. The van der Waals surface area contributed by atoms with Crippen molar-refractivity contribution in [2.24, 2.45) is 0 Å². The molecule has 0 saturated carbocycles. The minimum Gasteiger partial charge on any atom is -0.249 e. The van der Waals surface area contributed by atoms with E-state index in [1.165, 1.54) is 0 Å². The van der Waals surface area contributed by atoms with Crippen molar-refractivity contribution in [2.45, 2.75) is 12.3 Å². The van der Waals surface area contributed by atoms with Crippen molar-refractivity contribution < 1.29 is 0 Å². The van der Waals surface area contributed by atoms with Crippen LogP contribution in [0.3, 0.4) is 0 Å². The van der Waals surface area contributed by atoms with E-state index in [9.17, 15) is 0 Å². The van der Waals surface area contributed by atoms with Gasteiger partial charge in [0.1, 0.15) is 0 Å². The van der Waals surface area contributed by atoms with Gasteiger partial charge in [-0.1, -0.05) is 29.3 Å². The van der Waals surface area contributed by atoms with Gasteiger partial charge in [-0.25, -0.2) is 4.98 Å². The summed E-state index contributed by atoms with van der Waals surface area (Å²) < 4.78 is 0. The molecule has 2 rings (SSSR count). The van der Waals surface area contributed by atoms with E-state index in [1.807, 2.05) is 12.1 Å². The Balaban J connectivity index is 2.20. The average molecular weight is 293 g/mol. The summed E-state index contributed by atoms with van der Waals surface area (Å²) in [7, 11) is 0. The normalized spacial score (nSPS) is 10.7. The molecule has 0 amide bonds. The molecule has 0 radical (unpaired) electrons. The van der Waals surface area contributed by atoms with Crippen molar-refractivity contribution in [1.29, 1.82) is 0 Å². The van der Waals surface area contributed by atoms with E-state index in [0.29, 0.717) is 15.9 Å². The van der Waals surface area contributed by atoms with Crippen LogP contribution in [0.4, 0.5) is 0 Å². The lowest BCUT2D eigenvalue weighted by molar-refractivity contribution is 1.13. The largest absolute Gasteiger partial charge is 0.249 e. The molecule has 0 aliphatic heterocycles. The van der Waals surface area contributed by atoms with E-state index < -0.39 is 0 Å². The SMILES string of the molecule is ClCc1cnc(Cc2ccc(Cl)cc2Cl)s1. The average Bonchev–Trinajstić information content (AvgIpc) is 2.70. The quantitative estimate of drug-likeness (QED) is 0.742.